The van der Waals surface area contributed by atoms with Crippen LogP contribution in [0.2, 0.25) is 0 Å². The van der Waals surface area contributed by atoms with Crippen molar-refractivity contribution < 1.29 is 109 Å². The van der Waals surface area contributed by atoms with E-state index in [1.165, 1.54) is 12.1 Å². The zero-order valence-electron chi connectivity index (χ0n) is 38.1. The van der Waals surface area contributed by atoms with Crippen LogP contribution in [-0.4, -0.2) is 129 Å². The molecule has 2 atom stereocenters. The molecule has 20 nitrogen and oxygen atoms in total. The van der Waals surface area contributed by atoms with Crippen LogP contribution in [0.25, 0.3) is 0 Å². The molecule has 0 aromatic heterocycles. The zero-order chi connectivity index (χ0) is 50.1. The number of anilines is 1. The molecule has 0 aliphatic carbocycles. The summed E-state index contributed by atoms with van der Waals surface area (Å²) in [6.07, 6.45) is 11.6. The summed E-state index contributed by atoms with van der Waals surface area (Å²) in [5.41, 5.74) is 2.82. The second kappa shape index (κ2) is 23.7. The fraction of sp³-hybridized carbons (Fsp3) is 0.400. The molecule has 6 N–H and O–H groups in total. The molecule has 2 aliphatic rings. The molecule has 68 heavy (non-hydrogen) atoms. The number of carboxylic acids is 4. The Hall–Kier alpha value is -5.49. The Balaban J connectivity index is 0.0000122. The summed E-state index contributed by atoms with van der Waals surface area (Å²) >= 11 is 0. The van der Waals surface area contributed by atoms with E-state index in [1.807, 2.05) is 49.3 Å². The Morgan fingerprint density at radius 3 is 1.68 bits per heavy atom. The van der Waals surface area contributed by atoms with Crippen molar-refractivity contribution >= 4 is 73.0 Å². The number of carbonyl (C=O) groups is 6. The number of amides is 2. The molecule has 2 aromatic carbocycles. The quantitative estimate of drug-likeness (QED) is 0.0272. The standard InChI is InChI=1S/C45H54N4O16S2.Na/c1-44(2)30-24-28(40(54)46-32(42(56)57)26-38(50)51)16-18-34(30)48(20-10-12-22-66(60,61)62)36(44)14-8-6-5-7-9-15-37-45(3,4)31-25-29(41(55)47-33(43(58)59)27-39(52)53)17-19-35(31)49(37)21-11-13-23-67(63,64)65;/h5-9,14-19,24-25,32-33H,10-13,20-23,26-27H2,1-4H3,(H7-,46,47,50,51,52,53,54,55,56,57,58,59,60,61,62,63,64,65);/q;+1/p-1. The number of carbonyl (C=O) groups excluding carboxylic acids is 2. The summed E-state index contributed by atoms with van der Waals surface area (Å²) in [5, 5.41) is 41.6. The van der Waals surface area contributed by atoms with Crippen molar-refractivity contribution in [1.82, 2.24) is 10.6 Å². The Morgan fingerprint density at radius 2 is 1.16 bits per heavy atom. The molecular formula is C45H53N4NaO16S2. The molecular weight excluding hydrogens is 940 g/mol. The van der Waals surface area contributed by atoms with Gasteiger partial charge in [-0.25, -0.2) is 26.4 Å². The van der Waals surface area contributed by atoms with Crippen LogP contribution in [-0.2, 0) is 50.2 Å². The number of benzene rings is 2. The van der Waals surface area contributed by atoms with Crippen molar-refractivity contribution in [2.45, 2.75) is 89.1 Å². The number of rotatable bonds is 24. The third-order valence-corrected chi connectivity index (χ3v) is 12.9. The van der Waals surface area contributed by atoms with Gasteiger partial charge in [0.05, 0.1) is 38.5 Å². The third kappa shape index (κ3) is 15.3. The summed E-state index contributed by atoms with van der Waals surface area (Å²) in [5.74, 6) is -8.55. The Labute approximate surface area is 416 Å². The number of carboxylic acid groups (broad SMARTS) is 4. The van der Waals surface area contributed by atoms with Crippen LogP contribution in [0.4, 0.5) is 11.4 Å². The smallest absolute Gasteiger partial charge is 0.748 e. The van der Waals surface area contributed by atoms with Gasteiger partial charge >= 0.3 is 53.4 Å². The van der Waals surface area contributed by atoms with E-state index in [-0.39, 0.29) is 53.5 Å². The summed E-state index contributed by atoms with van der Waals surface area (Å²) in [7, 11) is -8.89. The Kier molecular flexibility index (Phi) is 19.8. The fourth-order valence-electron chi connectivity index (χ4n) is 7.93. The number of unbranched alkanes of at least 4 members (excludes halogenated alkanes) is 2. The van der Waals surface area contributed by atoms with Crippen LogP contribution >= 0.6 is 0 Å². The average molecular weight is 993 g/mol. The van der Waals surface area contributed by atoms with E-state index in [0.29, 0.717) is 48.4 Å². The fourth-order valence-corrected chi connectivity index (χ4v) is 9.05. The van der Waals surface area contributed by atoms with Gasteiger partial charge in [0, 0.05) is 70.1 Å². The van der Waals surface area contributed by atoms with E-state index in [2.05, 4.69) is 10.6 Å². The molecule has 4 rings (SSSR count). The van der Waals surface area contributed by atoms with Crippen LogP contribution in [0.1, 0.15) is 98.1 Å². The molecule has 0 fully saturated rings. The van der Waals surface area contributed by atoms with Crippen molar-refractivity contribution in [2.24, 2.45) is 0 Å². The van der Waals surface area contributed by atoms with Gasteiger partial charge in [-0.1, -0.05) is 44.2 Å². The molecule has 2 aliphatic heterocycles. The van der Waals surface area contributed by atoms with Gasteiger partial charge in [0.25, 0.3) is 11.8 Å². The molecule has 0 spiro atoms. The number of fused-ring (bicyclic) bond motifs is 2. The summed E-state index contributed by atoms with van der Waals surface area (Å²) in [6.45, 7) is 8.17. The van der Waals surface area contributed by atoms with E-state index in [1.54, 1.807) is 54.6 Å². The largest absolute Gasteiger partial charge is 1.00 e. The minimum absolute atomic E-state index is 0. The van der Waals surface area contributed by atoms with E-state index in [4.69, 9.17) is 10.2 Å². The molecule has 0 radical (unpaired) electrons. The number of nitrogens with one attached hydrogen (secondary N) is 2. The van der Waals surface area contributed by atoms with E-state index >= 15 is 0 Å². The van der Waals surface area contributed by atoms with Gasteiger partial charge in [-0.3, -0.25) is 19.2 Å². The van der Waals surface area contributed by atoms with Crippen molar-refractivity contribution in [2.75, 3.05) is 29.5 Å². The first-order valence-electron chi connectivity index (χ1n) is 21.0. The van der Waals surface area contributed by atoms with Gasteiger partial charge in [-0.05, 0) is 75.1 Å². The first-order chi connectivity index (χ1) is 31.1. The average Bonchev–Trinajstić information content (AvgIpc) is 3.56. The molecule has 2 unspecified atom stereocenters. The number of nitrogens with zero attached hydrogens (tertiary/aromatic N) is 2. The number of aliphatic carboxylic acids is 4. The second-order valence-corrected chi connectivity index (χ2v) is 20.0. The van der Waals surface area contributed by atoms with E-state index in [9.17, 15) is 64.9 Å². The van der Waals surface area contributed by atoms with Crippen LogP contribution in [0.5, 0.6) is 0 Å². The second-order valence-electron chi connectivity index (χ2n) is 16.9. The van der Waals surface area contributed by atoms with Crippen molar-refractivity contribution in [1.29, 1.82) is 0 Å². The molecule has 2 amide bonds. The van der Waals surface area contributed by atoms with Crippen LogP contribution < -0.4 is 45.1 Å². The molecule has 2 heterocycles. The van der Waals surface area contributed by atoms with Crippen LogP contribution in [0.3, 0.4) is 0 Å². The minimum atomic E-state index is -4.45. The van der Waals surface area contributed by atoms with Crippen LogP contribution in [0, 0.1) is 0 Å². The normalized spacial score (nSPS) is 16.7. The van der Waals surface area contributed by atoms with E-state index in [0.717, 1.165) is 11.4 Å². The van der Waals surface area contributed by atoms with Gasteiger partial charge in [0.15, 0.2) is 5.71 Å². The first-order valence-corrected chi connectivity index (χ1v) is 24.1. The molecule has 0 saturated carbocycles. The Morgan fingerprint density at radius 1 is 0.676 bits per heavy atom. The summed E-state index contributed by atoms with van der Waals surface area (Å²) < 4.78 is 69.7. The van der Waals surface area contributed by atoms with Crippen LogP contribution in [0.15, 0.2) is 84.6 Å². The topological polar surface area (TPSA) is 328 Å². The third-order valence-electron chi connectivity index (χ3n) is 11.3. The molecule has 362 valence electrons. The Bertz CT molecular complexity index is 2690. The minimum Gasteiger partial charge on any atom is -0.748 e. The first kappa shape index (κ1) is 56.8. The van der Waals surface area contributed by atoms with Gasteiger partial charge < -0.3 is 45.1 Å². The zero-order valence-corrected chi connectivity index (χ0v) is 41.8. The van der Waals surface area contributed by atoms with Gasteiger partial charge in [-0.15, -0.1) is 0 Å². The van der Waals surface area contributed by atoms with E-state index < -0.39 is 103 Å². The number of allylic oxidation sites excluding steroid dienone is 8. The molecule has 2 aromatic rings. The van der Waals surface area contributed by atoms with Gasteiger partial charge in [0.2, 0.25) is 5.69 Å². The maximum atomic E-state index is 13.1. The summed E-state index contributed by atoms with van der Waals surface area (Å²) in [4.78, 5) is 73.8. The molecule has 0 bridgehead atoms. The predicted molar refractivity (Wildman–Crippen MR) is 241 cm³/mol. The van der Waals surface area contributed by atoms with Crippen molar-refractivity contribution in [3.63, 3.8) is 0 Å². The SMILES string of the molecule is CC1(C)C(/C=C/C=C/C=C/C=C2/N(CCCCS(=O)(=O)[O-])c3ccc(C(=O)NC(CC(=O)O)C(=O)O)cc3C2(C)C)=[N+](CCCCS(=O)(=O)[O-])c2ccc(C(=O)NC(CC(=O)O)C(=O)O)cc21.[Na+]. The molecule has 23 heteroatoms. The maximum absolute atomic E-state index is 13.1. The van der Waals surface area contributed by atoms with Gasteiger partial charge in [-0.2, -0.15) is 4.58 Å². The maximum Gasteiger partial charge on any atom is 1.00 e. The predicted octanol–water partition coefficient (Wildman–Crippen LogP) is 0.383. The van der Waals surface area contributed by atoms with Crippen molar-refractivity contribution in [3.8, 4) is 0 Å². The van der Waals surface area contributed by atoms with Gasteiger partial charge in [0.1, 0.15) is 18.6 Å². The monoisotopic (exact) mass is 992 g/mol. The number of hydrogen-bond acceptors (Lipinski definition) is 13. The van der Waals surface area contributed by atoms with Crippen molar-refractivity contribution in [3.05, 3.63) is 107 Å². The number of hydrogen-bond donors (Lipinski definition) is 6. The summed E-state index contributed by atoms with van der Waals surface area (Å²) in [6, 6.07) is 6.05. The molecule has 0 saturated heterocycles.